The van der Waals surface area contributed by atoms with E-state index in [2.05, 4.69) is 25.1 Å². The number of carbonyl (C=O) groups is 3. The van der Waals surface area contributed by atoms with Gasteiger partial charge >= 0.3 is 0 Å². The van der Waals surface area contributed by atoms with E-state index in [1.807, 2.05) is 6.92 Å². The summed E-state index contributed by atoms with van der Waals surface area (Å²) in [4.78, 5) is 33.8. The predicted molar refractivity (Wildman–Crippen MR) is 154 cm³/mol. The van der Waals surface area contributed by atoms with Crippen molar-refractivity contribution in [2.75, 3.05) is 92.6 Å². The lowest BCUT2D eigenvalue weighted by Gasteiger charge is -2.32. The first kappa shape index (κ1) is 39.6. The highest BCUT2D eigenvalue weighted by Gasteiger charge is 2.30. The molecule has 0 radical (unpaired) electrons. The Morgan fingerprint density at radius 2 is 1.02 bits per heavy atom. The molecule has 3 atom stereocenters. The van der Waals surface area contributed by atoms with E-state index in [9.17, 15) is 14.4 Å². The quantitative estimate of drug-likeness (QED) is 0.0540. The van der Waals surface area contributed by atoms with E-state index in [4.69, 9.17) is 49.4 Å². The first-order valence-electron chi connectivity index (χ1n) is 13.7. The van der Waals surface area contributed by atoms with Gasteiger partial charge < -0.3 is 43.2 Å². The summed E-state index contributed by atoms with van der Waals surface area (Å²) in [5.74, 6) is -1.11. The number of ketones is 2. The molecular weight excluding hydrogens is 554 g/mol. The van der Waals surface area contributed by atoms with Gasteiger partial charge in [0.25, 0.3) is 0 Å². The number of nitrogens with one attached hydrogen (secondary N) is 1. The van der Waals surface area contributed by atoms with Gasteiger partial charge in [-0.15, -0.1) is 0 Å². The van der Waals surface area contributed by atoms with Crippen molar-refractivity contribution >= 4 is 17.5 Å². The Hall–Kier alpha value is -2.37. The fraction of sp³-hybridized carbons (Fsp3) is 0.679. The topological polar surface area (TPSA) is 189 Å². The monoisotopic (exact) mass is 603 g/mol. The van der Waals surface area contributed by atoms with Gasteiger partial charge in [-0.2, -0.15) is 0 Å². The first-order chi connectivity index (χ1) is 20.2. The molecule has 0 rings (SSSR count). The number of hydrogen-bond acceptors (Lipinski definition) is 13. The summed E-state index contributed by atoms with van der Waals surface area (Å²) in [5, 5.41) is 2.50. The van der Waals surface area contributed by atoms with Crippen molar-refractivity contribution in [1.82, 2.24) is 5.32 Å². The third-order valence-electron chi connectivity index (χ3n) is 5.64. The summed E-state index contributed by atoms with van der Waals surface area (Å²) in [6.45, 7) is 15.9. The lowest BCUT2D eigenvalue weighted by Crippen LogP contribution is -2.38. The Labute approximate surface area is 248 Å². The van der Waals surface area contributed by atoms with Crippen LogP contribution in [0.1, 0.15) is 13.3 Å². The molecular formula is C28H49N3O11. The van der Waals surface area contributed by atoms with Crippen molar-refractivity contribution in [3.63, 3.8) is 0 Å². The maximum absolute atomic E-state index is 11.5. The number of hydrogen-bond donors (Lipinski definition) is 3. The molecule has 0 bridgehead atoms. The van der Waals surface area contributed by atoms with E-state index in [0.29, 0.717) is 65.9 Å². The summed E-state index contributed by atoms with van der Waals surface area (Å²) >= 11 is 0. The third kappa shape index (κ3) is 20.5. The Bertz CT molecular complexity index is 784. The van der Waals surface area contributed by atoms with Crippen LogP contribution in [0.4, 0.5) is 0 Å². The smallest absolute Gasteiger partial charge is 0.245 e. The van der Waals surface area contributed by atoms with Crippen molar-refractivity contribution in [2.24, 2.45) is 16.9 Å². The number of ether oxygens (including phenoxy) is 8. The van der Waals surface area contributed by atoms with Crippen LogP contribution in [-0.4, -0.2) is 123 Å². The van der Waals surface area contributed by atoms with Gasteiger partial charge in [0.2, 0.25) is 5.91 Å². The lowest BCUT2D eigenvalue weighted by molar-refractivity contribution is -0.128. The predicted octanol–water partition coefficient (Wildman–Crippen LogP) is -0.145. The third-order valence-corrected chi connectivity index (χ3v) is 5.64. The van der Waals surface area contributed by atoms with Gasteiger partial charge in [0.1, 0.15) is 6.73 Å². The number of carbonyl (C=O) groups excluding carboxylic acids is 3. The summed E-state index contributed by atoms with van der Waals surface area (Å²) in [6, 6.07) is 0. The molecule has 0 aliphatic rings. The van der Waals surface area contributed by atoms with Gasteiger partial charge in [0.05, 0.1) is 85.9 Å². The summed E-state index contributed by atoms with van der Waals surface area (Å²) in [5.41, 5.74) is 10.7. The molecule has 0 aromatic heterocycles. The lowest BCUT2D eigenvalue weighted by atomic mass is 9.88. The second-order valence-electron chi connectivity index (χ2n) is 8.83. The molecule has 0 saturated carbocycles. The standard InChI is InChI=1S/C28H49N3O11/c1-5-23(32)26(29)41-17-15-36-10-13-38-20-28(8-4,21-39-16-18-42-27(30)24(33)6-2)19-37-12-9-35-11-14-40-22-31-25(34)7-3/h5-7,26-27H,1-3,8-22,29-30H2,4H3,(H,31,34). The van der Waals surface area contributed by atoms with Crippen LogP contribution in [0.5, 0.6) is 0 Å². The largest absolute Gasteiger partial charge is 0.378 e. The van der Waals surface area contributed by atoms with Crippen LogP contribution < -0.4 is 16.8 Å². The zero-order valence-electron chi connectivity index (χ0n) is 24.8. The maximum Gasteiger partial charge on any atom is 0.245 e. The molecule has 5 N–H and O–H groups in total. The van der Waals surface area contributed by atoms with Crippen molar-refractivity contribution < 1.29 is 52.3 Å². The Morgan fingerprint density at radius 3 is 1.43 bits per heavy atom. The average molecular weight is 604 g/mol. The molecule has 14 heteroatoms. The van der Waals surface area contributed by atoms with Gasteiger partial charge in [-0.05, 0) is 24.6 Å². The van der Waals surface area contributed by atoms with Crippen LogP contribution in [0.15, 0.2) is 38.0 Å². The molecule has 1 amide bonds. The minimum absolute atomic E-state index is 0.0784. The van der Waals surface area contributed by atoms with E-state index in [0.717, 1.165) is 18.2 Å². The summed E-state index contributed by atoms with van der Waals surface area (Å²) < 4.78 is 44.2. The molecule has 0 aliphatic heterocycles. The van der Waals surface area contributed by atoms with E-state index in [1.54, 1.807) is 0 Å². The highest BCUT2D eigenvalue weighted by Crippen LogP contribution is 2.24. The summed E-state index contributed by atoms with van der Waals surface area (Å²) in [6.07, 6.45) is 1.95. The zero-order valence-corrected chi connectivity index (χ0v) is 24.8. The van der Waals surface area contributed by atoms with Gasteiger partial charge in [0, 0.05) is 5.41 Å². The van der Waals surface area contributed by atoms with Gasteiger partial charge in [-0.3, -0.25) is 25.9 Å². The number of nitrogens with two attached hydrogens (primary N) is 2. The zero-order chi connectivity index (χ0) is 31.5. The van der Waals surface area contributed by atoms with Crippen LogP contribution in [-0.2, 0) is 52.3 Å². The highest BCUT2D eigenvalue weighted by molar-refractivity contribution is 5.92. The van der Waals surface area contributed by atoms with E-state index < -0.39 is 29.4 Å². The molecule has 242 valence electrons. The number of rotatable bonds is 31. The Kier molecular flexibility index (Phi) is 24.8. The fourth-order valence-corrected chi connectivity index (χ4v) is 2.99. The van der Waals surface area contributed by atoms with E-state index in [-0.39, 0.29) is 39.1 Å². The molecule has 0 aromatic carbocycles. The van der Waals surface area contributed by atoms with Crippen molar-refractivity contribution in [3.8, 4) is 0 Å². The van der Waals surface area contributed by atoms with Gasteiger partial charge in [-0.25, -0.2) is 0 Å². The summed E-state index contributed by atoms with van der Waals surface area (Å²) in [7, 11) is 0. The molecule has 0 aliphatic carbocycles. The fourth-order valence-electron chi connectivity index (χ4n) is 2.99. The van der Waals surface area contributed by atoms with Gasteiger partial charge in [-0.1, -0.05) is 26.7 Å². The van der Waals surface area contributed by atoms with Crippen LogP contribution >= 0.6 is 0 Å². The maximum atomic E-state index is 11.5. The highest BCUT2D eigenvalue weighted by atomic mass is 16.6. The van der Waals surface area contributed by atoms with Crippen molar-refractivity contribution in [2.45, 2.75) is 25.8 Å². The minimum Gasteiger partial charge on any atom is -0.378 e. The molecule has 0 fully saturated rings. The normalized spacial score (nSPS) is 14.0. The SMILES string of the molecule is C=CC(=O)NCOCCOCCOCC(CC)(COCCOCCOC(N)C(=O)C=C)COCCOC(N)C(=O)C=C. The van der Waals surface area contributed by atoms with Crippen LogP contribution in [0.2, 0.25) is 0 Å². The first-order valence-corrected chi connectivity index (χ1v) is 13.7. The molecule has 42 heavy (non-hydrogen) atoms. The van der Waals surface area contributed by atoms with E-state index >= 15 is 0 Å². The average Bonchev–Trinajstić information content (AvgIpc) is 3.01. The Morgan fingerprint density at radius 1 is 0.643 bits per heavy atom. The number of amides is 1. The van der Waals surface area contributed by atoms with Crippen molar-refractivity contribution in [1.29, 1.82) is 0 Å². The molecule has 0 heterocycles. The molecule has 0 spiro atoms. The van der Waals surface area contributed by atoms with Crippen molar-refractivity contribution in [3.05, 3.63) is 38.0 Å². The van der Waals surface area contributed by atoms with E-state index in [1.165, 1.54) is 0 Å². The minimum atomic E-state index is -1.08. The molecule has 0 aromatic rings. The molecule has 0 saturated heterocycles. The van der Waals surface area contributed by atoms with Crippen LogP contribution in [0.3, 0.4) is 0 Å². The second-order valence-corrected chi connectivity index (χ2v) is 8.83. The molecule has 14 nitrogen and oxygen atoms in total. The molecule has 3 unspecified atom stereocenters. The Balaban J connectivity index is 4.46. The van der Waals surface area contributed by atoms with Crippen LogP contribution in [0, 0.1) is 5.41 Å². The van der Waals surface area contributed by atoms with Gasteiger partial charge in [0.15, 0.2) is 24.0 Å². The van der Waals surface area contributed by atoms with Crippen LogP contribution in [0.25, 0.3) is 0 Å². The second kappa shape index (κ2) is 26.3.